The van der Waals surface area contributed by atoms with Crippen molar-refractivity contribution >= 4 is 17.1 Å². The molecule has 0 amide bonds. The zero-order chi connectivity index (χ0) is 21.5. The van der Waals surface area contributed by atoms with Gasteiger partial charge in [0.05, 0.1) is 9.75 Å². The van der Waals surface area contributed by atoms with Crippen LogP contribution in [0.2, 0.25) is 0 Å². The third-order valence-corrected chi connectivity index (χ3v) is 5.11. The number of hydrogen-bond donors (Lipinski definition) is 0. The molecule has 0 spiro atoms. The number of thiophene rings is 1. The Morgan fingerprint density at radius 3 is 2.14 bits per heavy atom. The van der Waals surface area contributed by atoms with Gasteiger partial charge in [-0.05, 0) is 44.9 Å². The quantitative estimate of drug-likeness (QED) is 0.520. The minimum absolute atomic E-state index is 0.113. The minimum Gasteiger partial charge on any atom is -0.376 e. The number of aromatic nitrogens is 2. The van der Waals surface area contributed by atoms with Gasteiger partial charge in [0.2, 0.25) is 0 Å². The SMILES string of the molecule is C=C(C)N(CCC)CCC.CC(=O)c1ccc(-c2cc(C(F)(F)F)n(C)n2)s1. The zero-order valence-electron chi connectivity index (χ0n) is 17.1. The van der Waals surface area contributed by atoms with E-state index < -0.39 is 11.9 Å². The van der Waals surface area contributed by atoms with E-state index in [1.165, 1.54) is 32.5 Å². The molecule has 156 valence electrons. The second kappa shape index (κ2) is 10.5. The molecule has 0 saturated carbocycles. The van der Waals surface area contributed by atoms with Gasteiger partial charge in [-0.3, -0.25) is 9.48 Å². The van der Waals surface area contributed by atoms with Crippen LogP contribution in [0.3, 0.4) is 0 Å². The number of alkyl halides is 3. The lowest BCUT2D eigenvalue weighted by Crippen LogP contribution is -2.22. The van der Waals surface area contributed by atoms with Crippen molar-refractivity contribution in [1.29, 1.82) is 0 Å². The van der Waals surface area contributed by atoms with Gasteiger partial charge in [0.1, 0.15) is 11.4 Å². The molecule has 8 heteroatoms. The Morgan fingerprint density at radius 2 is 1.79 bits per heavy atom. The number of allylic oxidation sites excluding steroid dienone is 1. The van der Waals surface area contributed by atoms with Gasteiger partial charge in [0.15, 0.2) is 5.78 Å². The Morgan fingerprint density at radius 1 is 1.21 bits per heavy atom. The number of nitrogens with zero attached hydrogens (tertiary/aromatic N) is 3. The van der Waals surface area contributed by atoms with Crippen LogP contribution in [0.5, 0.6) is 0 Å². The number of rotatable bonds is 7. The molecule has 2 heterocycles. The van der Waals surface area contributed by atoms with Crippen molar-refractivity contribution in [3.05, 3.63) is 41.0 Å². The summed E-state index contributed by atoms with van der Waals surface area (Å²) in [6.07, 6.45) is -2.00. The molecule has 0 fully saturated rings. The van der Waals surface area contributed by atoms with Crippen molar-refractivity contribution < 1.29 is 18.0 Å². The molecule has 0 aliphatic carbocycles. The lowest BCUT2D eigenvalue weighted by atomic mass is 10.3. The summed E-state index contributed by atoms with van der Waals surface area (Å²) in [5.74, 6) is -0.113. The number of Topliss-reactive ketones (excluding diaryl/α,β-unsaturated/α-hetero) is 1. The summed E-state index contributed by atoms with van der Waals surface area (Å²) in [5.41, 5.74) is 0.612. The average molecular weight is 416 g/mol. The molecule has 0 aliphatic rings. The first kappa shape index (κ1) is 23.9. The Bertz CT molecular complexity index is 787. The zero-order valence-corrected chi connectivity index (χ0v) is 17.9. The lowest BCUT2D eigenvalue weighted by molar-refractivity contribution is -0.143. The van der Waals surface area contributed by atoms with Crippen molar-refractivity contribution in [3.63, 3.8) is 0 Å². The molecular formula is C20H28F3N3OS. The van der Waals surface area contributed by atoms with Gasteiger partial charge in [0.25, 0.3) is 0 Å². The van der Waals surface area contributed by atoms with Gasteiger partial charge >= 0.3 is 6.18 Å². The van der Waals surface area contributed by atoms with Crippen LogP contribution in [0.1, 0.15) is 55.9 Å². The molecule has 2 aromatic heterocycles. The first-order valence-corrected chi connectivity index (χ1v) is 9.95. The van der Waals surface area contributed by atoms with Crippen molar-refractivity contribution in [2.75, 3.05) is 13.1 Å². The third kappa shape index (κ3) is 6.82. The second-order valence-corrected chi connectivity index (χ2v) is 7.56. The Labute approximate surface area is 168 Å². The van der Waals surface area contributed by atoms with E-state index in [0.717, 1.165) is 35.2 Å². The summed E-state index contributed by atoms with van der Waals surface area (Å²) >= 11 is 1.13. The fraction of sp³-hybridized carbons (Fsp3) is 0.500. The van der Waals surface area contributed by atoms with Crippen LogP contribution in [0.25, 0.3) is 10.6 Å². The summed E-state index contributed by atoms with van der Waals surface area (Å²) in [7, 11) is 1.24. The summed E-state index contributed by atoms with van der Waals surface area (Å²) < 4.78 is 38.6. The van der Waals surface area contributed by atoms with Gasteiger partial charge in [-0.1, -0.05) is 20.4 Å². The van der Waals surface area contributed by atoms with Gasteiger partial charge in [-0.25, -0.2) is 0 Å². The molecule has 0 bridgehead atoms. The van der Waals surface area contributed by atoms with Crippen molar-refractivity contribution in [1.82, 2.24) is 14.7 Å². The topological polar surface area (TPSA) is 38.1 Å². The second-order valence-electron chi connectivity index (χ2n) is 6.48. The molecule has 2 rings (SSSR count). The van der Waals surface area contributed by atoms with Crippen LogP contribution in [0.15, 0.2) is 30.5 Å². The molecule has 2 aromatic rings. The molecule has 0 atom stereocenters. The highest BCUT2D eigenvalue weighted by Gasteiger charge is 2.35. The lowest BCUT2D eigenvalue weighted by Gasteiger charge is -2.23. The molecule has 0 saturated heterocycles. The fourth-order valence-corrected chi connectivity index (χ4v) is 3.41. The number of ketones is 1. The highest BCUT2D eigenvalue weighted by Crippen LogP contribution is 2.34. The van der Waals surface area contributed by atoms with Crippen molar-refractivity contribution in [2.24, 2.45) is 7.05 Å². The van der Waals surface area contributed by atoms with E-state index in [-0.39, 0.29) is 11.5 Å². The van der Waals surface area contributed by atoms with Crippen molar-refractivity contribution in [2.45, 2.75) is 46.7 Å². The van der Waals surface area contributed by atoms with Crippen molar-refractivity contribution in [3.8, 4) is 10.6 Å². The van der Waals surface area contributed by atoms with E-state index in [9.17, 15) is 18.0 Å². The third-order valence-electron chi connectivity index (χ3n) is 3.90. The first-order valence-electron chi connectivity index (χ1n) is 9.14. The van der Waals surface area contributed by atoms with Crippen LogP contribution in [-0.4, -0.2) is 33.6 Å². The maximum atomic E-state index is 12.6. The summed E-state index contributed by atoms with van der Waals surface area (Å²) in [5, 5.41) is 3.82. The summed E-state index contributed by atoms with van der Waals surface area (Å²) in [6.45, 7) is 14.1. The molecule has 0 N–H and O–H groups in total. The van der Waals surface area contributed by atoms with E-state index in [1.54, 1.807) is 12.1 Å². The predicted octanol–water partition coefficient (Wildman–Crippen LogP) is 6.01. The Kier molecular flexibility index (Phi) is 8.94. The highest BCUT2D eigenvalue weighted by molar-refractivity contribution is 7.17. The molecule has 0 aliphatic heterocycles. The van der Waals surface area contributed by atoms with E-state index in [4.69, 9.17) is 0 Å². The van der Waals surface area contributed by atoms with Crippen LogP contribution >= 0.6 is 11.3 Å². The number of carbonyl (C=O) groups is 1. The number of aryl methyl sites for hydroxylation is 1. The molecule has 0 aromatic carbocycles. The number of carbonyl (C=O) groups excluding carboxylic acids is 1. The van der Waals surface area contributed by atoms with E-state index in [0.29, 0.717) is 9.75 Å². The van der Waals surface area contributed by atoms with E-state index >= 15 is 0 Å². The smallest absolute Gasteiger partial charge is 0.376 e. The van der Waals surface area contributed by atoms with Crippen LogP contribution in [0, 0.1) is 0 Å². The molecule has 4 nitrogen and oxygen atoms in total. The van der Waals surface area contributed by atoms with Gasteiger partial charge in [-0.2, -0.15) is 18.3 Å². The maximum absolute atomic E-state index is 12.6. The van der Waals surface area contributed by atoms with Crippen LogP contribution in [0.4, 0.5) is 13.2 Å². The standard InChI is InChI=1S/C11H9F3N2OS.C9H19N/c1-6(17)8-3-4-9(18-8)7-5-10(11(12,13)14)16(2)15-7;1-5-7-10(8-6-2)9(3)4/h3-5H,1-2H3;3,5-8H2,1-2,4H3. The predicted molar refractivity (Wildman–Crippen MR) is 108 cm³/mol. The highest BCUT2D eigenvalue weighted by atomic mass is 32.1. The van der Waals surface area contributed by atoms with E-state index in [2.05, 4.69) is 37.3 Å². The summed E-state index contributed by atoms with van der Waals surface area (Å²) in [4.78, 5) is 14.5. The Balaban J connectivity index is 0.000000336. The largest absolute Gasteiger partial charge is 0.433 e. The summed E-state index contributed by atoms with van der Waals surface area (Å²) in [6, 6.07) is 4.17. The molecular weight excluding hydrogens is 387 g/mol. The van der Waals surface area contributed by atoms with Crippen LogP contribution < -0.4 is 0 Å². The molecule has 0 radical (unpaired) electrons. The van der Waals surface area contributed by atoms with Gasteiger partial charge < -0.3 is 4.90 Å². The average Bonchev–Trinajstić information content (AvgIpc) is 3.21. The first-order chi connectivity index (χ1) is 13.0. The minimum atomic E-state index is -4.43. The number of hydrogen-bond acceptors (Lipinski definition) is 4. The number of halogens is 3. The molecule has 28 heavy (non-hydrogen) atoms. The van der Waals surface area contributed by atoms with Gasteiger partial charge in [0, 0.05) is 25.8 Å². The normalized spacial score (nSPS) is 11.0. The van der Waals surface area contributed by atoms with Gasteiger partial charge in [-0.15, -0.1) is 11.3 Å². The van der Waals surface area contributed by atoms with E-state index in [1.807, 2.05) is 0 Å². The monoisotopic (exact) mass is 415 g/mol. The Hall–Kier alpha value is -2.09. The molecule has 0 unspecified atom stereocenters. The van der Waals surface area contributed by atoms with Crippen LogP contribution in [-0.2, 0) is 13.2 Å². The maximum Gasteiger partial charge on any atom is 0.433 e. The fourth-order valence-electron chi connectivity index (χ4n) is 2.55.